The molecular weight excluding hydrogens is 498 g/mol. The summed E-state index contributed by atoms with van der Waals surface area (Å²) in [7, 11) is 0. The lowest BCUT2D eigenvalue weighted by molar-refractivity contribution is 1.10. The molecule has 41 heavy (non-hydrogen) atoms. The molecule has 192 valence electrons. The zero-order valence-electron chi connectivity index (χ0n) is 22.5. The molecule has 0 bridgehead atoms. The van der Waals surface area contributed by atoms with Crippen molar-refractivity contribution < 1.29 is 0 Å². The summed E-state index contributed by atoms with van der Waals surface area (Å²) in [5.74, 6) is 0.947. The zero-order valence-corrected chi connectivity index (χ0v) is 22.5. The minimum Gasteiger partial charge on any atom is -0.308 e. The van der Waals surface area contributed by atoms with Crippen LogP contribution < -0.4 is 0 Å². The fourth-order valence-electron chi connectivity index (χ4n) is 6.72. The maximum absolute atomic E-state index is 5.10. The number of rotatable bonds is 3. The number of fused-ring (bicyclic) bond motifs is 7. The average molecular weight is 524 g/mol. The summed E-state index contributed by atoms with van der Waals surface area (Å²) in [5.41, 5.74) is 11.8. The van der Waals surface area contributed by atoms with Crippen molar-refractivity contribution in [3.63, 3.8) is 0 Å². The fourth-order valence-corrected chi connectivity index (χ4v) is 6.72. The molecule has 0 radical (unpaired) electrons. The third kappa shape index (κ3) is 3.17. The molecule has 0 N–H and O–H groups in total. The van der Waals surface area contributed by atoms with Gasteiger partial charge in [0, 0.05) is 32.8 Å². The van der Waals surface area contributed by atoms with Gasteiger partial charge in [0.1, 0.15) is 5.82 Å². The monoisotopic (exact) mass is 523 g/mol. The molecule has 0 aliphatic heterocycles. The molecule has 9 rings (SSSR count). The second-order valence-corrected chi connectivity index (χ2v) is 11.0. The second-order valence-electron chi connectivity index (χ2n) is 11.0. The highest BCUT2D eigenvalue weighted by atomic mass is 15.1. The van der Waals surface area contributed by atoms with Crippen LogP contribution in [0.15, 0.2) is 133 Å². The first kappa shape index (κ1) is 22.4. The smallest absolute Gasteiger partial charge is 0.145 e. The maximum Gasteiger partial charge on any atom is 0.145 e. The third-order valence-electron chi connectivity index (χ3n) is 8.47. The van der Waals surface area contributed by atoms with Gasteiger partial charge in [0.15, 0.2) is 0 Å². The highest BCUT2D eigenvalue weighted by molar-refractivity contribution is 6.23. The fraction of sp³-hybridized carbons (Fsp3) is 0.0263. The molecule has 0 spiro atoms. The number of aromatic nitrogens is 3. The quantitative estimate of drug-likeness (QED) is 0.226. The molecule has 6 aromatic carbocycles. The van der Waals surface area contributed by atoms with E-state index in [1.54, 1.807) is 0 Å². The molecule has 0 aliphatic carbocycles. The van der Waals surface area contributed by atoms with Crippen LogP contribution in [-0.2, 0) is 0 Å². The Bertz CT molecular complexity index is 2430. The summed E-state index contributed by atoms with van der Waals surface area (Å²) in [6, 6.07) is 48.0. The van der Waals surface area contributed by atoms with Crippen LogP contribution in [0.25, 0.3) is 77.3 Å². The Morgan fingerprint density at radius 3 is 2.05 bits per heavy atom. The number of hydrogen-bond donors (Lipinski definition) is 0. The SMILES string of the molecule is Cc1cc2c3ccccc3n3c4ccc(-c5cccc(-c6nc7ccccc7n6-c6ccccc6)c5)cc4c(c1)c23. The van der Waals surface area contributed by atoms with Crippen molar-refractivity contribution in [3.8, 4) is 28.2 Å². The molecule has 0 aliphatic rings. The van der Waals surface area contributed by atoms with Crippen molar-refractivity contribution in [3.05, 3.63) is 139 Å². The lowest BCUT2D eigenvalue weighted by Gasteiger charge is -2.11. The van der Waals surface area contributed by atoms with Crippen LogP contribution in [-0.4, -0.2) is 14.0 Å². The van der Waals surface area contributed by atoms with E-state index < -0.39 is 0 Å². The standard InChI is InChI=1S/C38H25N3/c1-24-20-31-29-14-5-7-16-34(29)41-35-19-18-26(23-30(35)32(21-24)37(31)41)25-10-9-11-27(22-25)38-39-33-15-6-8-17-36(33)40(38)28-12-3-2-4-13-28/h2-23H,1H3. The second kappa shape index (κ2) is 8.30. The number of imidazole rings is 1. The van der Waals surface area contributed by atoms with Gasteiger partial charge in [0.2, 0.25) is 0 Å². The summed E-state index contributed by atoms with van der Waals surface area (Å²) >= 11 is 0. The lowest BCUT2D eigenvalue weighted by atomic mass is 9.99. The third-order valence-corrected chi connectivity index (χ3v) is 8.47. The summed E-state index contributed by atoms with van der Waals surface area (Å²) < 4.78 is 4.70. The van der Waals surface area contributed by atoms with Crippen molar-refractivity contribution in [1.29, 1.82) is 0 Å². The highest BCUT2D eigenvalue weighted by Crippen LogP contribution is 2.41. The first-order chi connectivity index (χ1) is 20.2. The van der Waals surface area contributed by atoms with Gasteiger partial charge in [0.25, 0.3) is 0 Å². The van der Waals surface area contributed by atoms with E-state index in [2.05, 4.69) is 149 Å². The Kier molecular flexibility index (Phi) is 4.53. The van der Waals surface area contributed by atoms with E-state index in [1.807, 2.05) is 0 Å². The number of nitrogens with zero attached hydrogens (tertiary/aromatic N) is 3. The lowest BCUT2D eigenvalue weighted by Crippen LogP contribution is -1.97. The Morgan fingerprint density at radius 1 is 0.488 bits per heavy atom. The van der Waals surface area contributed by atoms with E-state index in [1.165, 1.54) is 54.8 Å². The minimum atomic E-state index is 0.947. The molecule has 0 amide bonds. The van der Waals surface area contributed by atoms with Crippen molar-refractivity contribution in [1.82, 2.24) is 14.0 Å². The summed E-state index contributed by atoms with van der Waals surface area (Å²) in [6.07, 6.45) is 0. The minimum absolute atomic E-state index is 0.947. The van der Waals surface area contributed by atoms with Gasteiger partial charge in [-0.05, 0) is 84.3 Å². The highest BCUT2D eigenvalue weighted by Gasteiger charge is 2.19. The van der Waals surface area contributed by atoms with Crippen LogP contribution in [0.4, 0.5) is 0 Å². The van der Waals surface area contributed by atoms with Crippen LogP contribution >= 0.6 is 0 Å². The predicted octanol–water partition coefficient (Wildman–Crippen LogP) is 9.82. The van der Waals surface area contributed by atoms with Gasteiger partial charge in [-0.3, -0.25) is 4.57 Å². The van der Waals surface area contributed by atoms with Crippen molar-refractivity contribution in [2.24, 2.45) is 0 Å². The number of para-hydroxylation sites is 4. The maximum atomic E-state index is 5.10. The van der Waals surface area contributed by atoms with Gasteiger partial charge in [-0.2, -0.15) is 0 Å². The van der Waals surface area contributed by atoms with Crippen molar-refractivity contribution in [2.45, 2.75) is 6.92 Å². The normalized spacial score (nSPS) is 12.0. The molecule has 0 saturated heterocycles. The zero-order chi connectivity index (χ0) is 27.1. The topological polar surface area (TPSA) is 22.2 Å². The van der Waals surface area contributed by atoms with Gasteiger partial charge in [-0.1, -0.05) is 72.8 Å². The number of benzene rings is 6. The van der Waals surface area contributed by atoms with Crippen LogP contribution in [0.1, 0.15) is 5.56 Å². The number of aryl methyl sites for hydroxylation is 1. The summed E-state index contributed by atoms with van der Waals surface area (Å²) in [4.78, 5) is 5.10. The molecule has 0 unspecified atom stereocenters. The van der Waals surface area contributed by atoms with Gasteiger partial charge in [-0.15, -0.1) is 0 Å². The molecule has 3 aromatic heterocycles. The summed E-state index contributed by atoms with van der Waals surface area (Å²) in [5, 5.41) is 5.25. The molecule has 0 fully saturated rings. The Labute approximate surface area is 236 Å². The van der Waals surface area contributed by atoms with E-state index in [0.29, 0.717) is 0 Å². The van der Waals surface area contributed by atoms with Gasteiger partial charge in [-0.25, -0.2) is 4.98 Å². The van der Waals surface area contributed by atoms with E-state index in [0.717, 1.165) is 28.1 Å². The first-order valence-corrected chi connectivity index (χ1v) is 14.1. The van der Waals surface area contributed by atoms with Crippen LogP contribution in [0, 0.1) is 6.92 Å². The molecule has 9 aromatic rings. The van der Waals surface area contributed by atoms with Crippen molar-refractivity contribution >= 4 is 49.1 Å². The first-order valence-electron chi connectivity index (χ1n) is 14.1. The molecule has 0 saturated carbocycles. The molecule has 3 nitrogen and oxygen atoms in total. The van der Waals surface area contributed by atoms with Gasteiger partial charge < -0.3 is 4.40 Å². The molecule has 3 heterocycles. The van der Waals surface area contributed by atoms with Crippen LogP contribution in [0.2, 0.25) is 0 Å². The Balaban J connectivity index is 1.26. The van der Waals surface area contributed by atoms with Crippen LogP contribution in [0.3, 0.4) is 0 Å². The van der Waals surface area contributed by atoms with Crippen LogP contribution in [0.5, 0.6) is 0 Å². The van der Waals surface area contributed by atoms with Crippen molar-refractivity contribution in [2.75, 3.05) is 0 Å². The van der Waals surface area contributed by atoms with E-state index >= 15 is 0 Å². The van der Waals surface area contributed by atoms with E-state index in [9.17, 15) is 0 Å². The largest absolute Gasteiger partial charge is 0.308 e. The van der Waals surface area contributed by atoms with E-state index in [-0.39, 0.29) is 0 Å². The molecule has 3 heteroatoms. The molecular formula is C38H25N3. The van der Waals surface area contributed by atoms with Gasteiger partial charge in [0.05, 0.1) is 27.6 Å². The Morgan fingerprint density at radius 2 is 1.17 bits per heavy atom. The van der Waals surface area contributed by atoms with E-state index in [4.69, 9.17) is 4.98 Å². The predicted molar refractivity (Wildman–Crippen MR) is 171 cm³/mol. The average Bonchev–Trinajstić information content (AvgIpc) is 3.68. The Hall–Kier alpha value is -5.41. The summed E-state index contributed by atoms with van der Waals surface area (Å²) in [6.45, 7) is 2.20. The number of hydrogen-bond acceptors (Lipinski definition) is 1. The molecule has 0 atom stereocenters. The van der Waals surface area contributed by atoms with Gasteiger partial charge >= 0.3 is 0 Å².